The van der Waals surface area contributed by atoms with Crippen LogP contribution in [0.15, 0.2) is 30.3 Å². The highest BCUT2D eigenvalue weighted by molar-refractivity contribution is 6.21. The smallest absolute Gasteiger partial charge is 0.475 e. The van der Waals surface area contributed by atoms with Crippen molar-refractivity contribution in [3.05, 3.63) is 41.5 Å². The predicted octanol–water partition coefficient (Wildman–Crippen LogP) is 3.21. The summed E-state index contributed by atoms with van der Waals surface area (Å²) in [5.41, 5.74) is 3.50. The molecule has 8 heteroatoms. The third kappa shape index (κ3) is 4.98. The molecule has 2 N–H and O–H groups in total. The summed E-state index contributed by atoms with van der Waals surface area (Å²) in [6, 6.07) is 8.50. The van der Waals surface area contributed by atoms with E-state index in [0.29, 0.717) is 0 Å². The fourth-order valence-corrected chi connectivity index (χ4v) is 3.86. The van der Waals surface area contributed by atoms with Gasteiger partial charge in [-0.1, -0.05) is 30.3 Å². The van der Waals surface area contributed by atoms with Gasteiger partial charge in [-0.2, -0.15) is 13.2 Å². The van der Waals surface area contributed by atoms with Crippen molar-refractivity contribution >= 4 is 17.4 Å². The molecule has 1 saturated heterocycles. The van der Waals surface area contributed by atoms with Crippen molar-refractivity contribution in [2.24, 2.45) is 5.92 Å². The molecule has 3 aliphatic rings. The van der Waals surface area contributed by atoms with Gasteiger partial charge in [-0.25, -0.2) is 4.79 Å². The van der Waals surface area contributed by atoms with Crippen LogP contribution in [-0.2, 0) is 15.0 Å². The molecule has 29 heavy (non-hydrogen) atoms. The average Bonchev–Trinajstić information content (AvgIpc) is 3.45. The summed E-state index contributed by atoms with van der Waals surface area (Å²) in [7, 11) is 2.18. The van der Waals surface area contributed by atoms with Crippen LogP contribution in [0.5, 0.6) is 0 Å². The number of likely N-dealkylation sites (tertiary alicyclic amines) is 1. The number of nitrogens with one attached hydrogen (secondary N) is 1. The minimum atomic E-state index is -5.08. The number of piperidine rings is 1. The minimum Gasteiger partial charge on any atom is -0.475 e. The molecule has 1 heterocycles. The first-order valence-corrected chi connectivity index (χ1v) is 9.72. The third-order valence-electron chi connectivity index (χ3n) is 5.79. The highest BCUT2D eigenvalue weighted by Crippen LogP contribution is 2.46. The number of carboxylic acids is 1. The van der Waals surface area contributed by atoms with Gasteiger partial charge < -0.3 is 15.3 Å². The van der Waals surface area contributed by atoms with Gasteiger partial charge in [0.25, 0.3) is 5.91 Å². The molecule has 1 spiro atoms. The molecule has 0 aromatic heterocycles. The lowest BCUT2D eigenvalue weighted by Crippen LogP contribution is -2.38. The molecule has 2 aliphatic carbocycles. The van der Waals surface area contributed by atoms with Gasteiger partial charge in [-0.15, -0.1) is 0 Å². The van der Waals surface area contributed by atoms with Gasteiger partial charge in [0.15, 0.2) is 0 Å². The second-order valence-electron chi connectivity index (χ2n) is 8.02. The number of carbonyl (C=O) groups is 2. The maximum absolute atomic E-state index is 12.6. The Labute approximate surface area is 167 Å². The van der Waals surface area contributed by atoms with Crippen molar-refractivity contribution in [3.8, 4) is 0 Å². The molecule has 0 bridgehead atoms. The van der Waals surface area contributed by atoms with Crippen LogP contribution < -0.4 is 5.32 Å². The number of allylic oxidation sites excluding steroid dienone is 1. The normalized spacial score (nSPS) is 20.3. The maximum atomic E-state index is 12.6. The summed E-state index contributed by atoms with van der Waals surface area (Å²) in [5, 5.41) is 10.3. The highest BCUT2D eigenvalue weighted by Gasteiger charge is 2.41. The summed E-state index contributed by atoms with van der Waals surface area (Å²) in [5.74, 6) is -1.92. The number of rotatable bonds is 3. The van der Waals surface area contributed by atoms with Crippen LogP contribution in [-0.4, -0.2) is 54.7 Å². The van der Waals surface area contributed by atoms with E-state index < -0.39 is 12.1 Å². The first-order chi connectivity index (χ1) is 13.6. The lowest BCUT2D eigenvalue weighted by molar-refractivity contribution is -0.192. The standard InChI is InChI=1S/C19H24N2O.C2HF3O2/c1-21-10-8-19(9-11-21)12-16(15-4-2-3-5-17(15)19)18(22)20-13-14-6-7-14;3-2(4,5)1(6)7/h2-5,12,14H,6-11,13H2,1H3,(H,20,22);(H,6,7). The van der Waals surface area contributed by atoms with Gasteiger partial charge in [0, 0.05) is 17.5 Å². The molecule has 158 valence electrons. The molecular formula is C21H25F3N2O3. The number of halogens is 3. The molecule has 1 aromatic rings. The fraction of sp³-hybridized carbons (Fsp3) is 0.524. The first kappa shape index (κ1) is 21.4. The van der Waals surface area contributed by atoms with Crippen molar-refractivity contribution in [1.82, 2.24) is 10.2 Å². The van der Waals surface area contributed by atoms with E-state index in [1.807, 2.05) is 0 Å². The molecule has 2 fully saturated rings. The number of amides is 1. The Kier molecular flexibility index (Phi) is 6.03. The number of alkyl halides is 3. The first-order valence-electron chi connectivity index (χ1n) is 9.72. The van der Waals surface area contributed by atoms with Crippen LogP contribution >= 0.6 is 0 Å². The number of benzene rings is 1. The van der Waals surface area contributed by atoms with Crippen LogP contribution in [0, 0.1) is 5.92 Å². The van der Waals surface area contributed by atoms with E-state index in [-0.39, 0.29) is 11.3 Å². The van der Waals surface area contributed by atoms with Crippen LogP contribution in [0.3, 0.4) is 0 Å². The van der Waals surface area contributed by atoms with E-state index in [4.69, 9.17) is 9.90 Å². The van der Waals surface area contributed by atoms with Crippen LogP contribution in [0.1, 0.15) is 36.8 Å². The van der Waals surface area contributed by atoms with E-state index in [9.17, 15) is 18.0 Å². The monoisotopic (exact) mass is 410 g/mol. The second kappa shape index (κ2) is 8.18. The van der Waals surface area contributed by atoms with E-state index in [1.165, 1.54) is 18.4 Å². The fourth-order valence-electron chi connectivity index (χ4n) is 3.86. The van der Waals surface area contributed by atoms with Gasteiger partial charge >= 0.3 is 12.1 Å². The Balaban J connectivity index is 0.000000298. The van der Waals surface area contributed by atoms with E-state index in [1.54, 1.807) is 0 Å². The Morgan fingerprint density at radius 1 is 1.21 bits per heavy atom. The van der Waals surface area contributed by atoms with Gasteiger partial charge in [-0.3, -0.25) is 4.79 Å². The quantitative estimate of drug-likeness (QED) is 0.803. The molecule has 0 radical (unpaired) electrons. The minimum absolute atomic E-state index is 0.0787. The Morgan fingerprint density at radius 2 is 1.79 bits per heavy atom. The molecule has 1 saturated carbocycles. The summed E-state index contributed by atoms with van der Waals surface area (Å²) in [6.45, 7) is 3.04. The summed E-state index contributed by atoms with van der Waals surface area (Å²) in [6.07, 6.45) is 1.95. The topological polar surface area (TPSA) is 69.6 Å². The number of nitrogens with zero attached hydrogens (tertiary/aromatic N) is 1. The van der Waals surface area contributed by atoms with Crippen molar-refractivity contribution in [2.75, 3.05) is 26.7 Å². The van der Waals surface area contributed by atoms with E-state index >= 15 is 0 Å². The van der Waals surface area contributed by atoms with Crippen molar-refractivity contribution < 1.29 is 27.9 Å². The molecule has 1 aromatic carbocycles. The Morgan fingerprint density at radius 3 is 2.34 bits per heavy atom. The number of hydrogen-bond acceptors (Lipinski definition) is 3. The lowest BCUT2D eigenvalue weighted by atomic mass is 9.75. The van der Waals surface area contributed by atoms with Crippen LogP contribution in [0.25, 0.3) is 5.57 Å². The molecule has 1 aliphatic heterocycles. The predicted molar refractivity (Wildman–Crippen MR) is 102 cm³/mol. The summed E-state index contributed by atoms with van der Waals surface area (Å²) >= 11 is 0. The van der Waals surface area contributed by atoms with E-state index in [0.717, 1.165) is 49.5 Å². The summed E-state index contributed by atoms with van der Waals surface area (Å²) in [4.78, 5) is 23.9. The average molecular weight is 410 g/mol. The molecule has 4 rings (SSSR count). The van der Waals surface area contributed by atoms with Gasteiger partial charge in [0.2, 0.25) is 0 Å². The van der Waals surface area contributed by atoms with Crippen molar-refractivity contribution in [2.45, 2.75) is 37.3 Å². The zero-order chi connectivity index (χ0) is 21.2. The number of fused-ring (bicyclic) bond motifs is 2. The largest absolute Gasteiger partial charge is 0.490 e. The molecule has 0 atom stereocenters. The Hall–Kier alpha value is -2.35. The maximum Gasteiger partial charge on any atom is 0.490 e. The second-order valence-corrected chi connectivity index (χ2v) is 8.02. The van der Waals surface area contributed by atoms with Crippen molar-refractivity contribution in [3.63, 3.8) is 0 Å². The zero-order valence-electron chi connectivity index (χ0n) is 16.3. The Bertz CT molecular complexity index is 808. The SMILES string of the molecule is CN1CCC2(C=C(C(=O)NCC3CC3)c3ccccc32)CC1.O=C(O)C(F)(F)F. The van der Waals surface area contributed by atoms with Gasteiger partial charge in [-0.05, 0) is 62.9 Å². The number of hydrogen-bond donors (Lipinski definition) is 2. The molecule has 5 nitrogen and oxygen atoms in total. The number of carbonyl (C=O) groups excluding carboxylic acids is 1. The summed E-state index contributed by atoms with van der Waals surface area (Å²) < 4.78 is 31.7. The molecule has 1 amide bonds. The number of aliphatic carboxylic acids is 1. The lowest BCUT2D eigenvalue weighted by Gasteiger charge is -2.37. The molecule has 0 unspecified atom stereocenters. The van der Waals surface area contributed by atoms with Gasteiger partial charge in [0.1, 0.15) is 0 Å². The highest BCUT2D eigenvalue weighted by atomic mass is 19.4. The third-order valence-corrected chi connectivity index (χ3v) is 5.79. The van der Waals surface area contributed by atoms with Crippen LogP contribution in [0.2, 0.25) is 0 Å². The van der Waals surface area contributed by atoms with Crippen molar-refractivity contribution in [1.29, 1.82) is 0 Å². The molecular weight excluding hydrogens is 385 g/mol. The van der Waals surface area contributed by atoms with E-state index in [2.05, 4.69) is 47.6 Å². The van der Waals surface area contributed by atoms with Gasteiger partial charge in [0.05, 0.1) is 0 Å². The van der Waals surface area contributed by atoms with Crippen LogP contribution in [0.4, 0.5) is 13.2 Å². The zero-order valence-corrected chi connectivity index (χ0v) is 16.3. The number of carboxylic acid groups (broad SMARTS) is 1.